The van der Waals surface area contributed by atoms with Crippen LogP contribution in [0.15, 0.2) is 24.3 Å². The molecule has 0 amide bonds. The zero-order valence-corrected chi connectivity index (χ0v) is 11.8. The summed E-state index contributed by atoms with van der Waals surface area (Å²) in [5.74, 6) is 0.432. The summed E-state index contributed by atoms with van der Waals surface area (Å²) in [6.07, 6.45) is 1.26. The van der Waals surface area contributed by atoms with Crippen molar-refractivity contribution in [1.82, 2.24) is 0 Å². The van der Waals surface area contributed by atoms with Gasteiger partial charge in [-0.3, -0.25) is 0 Å². The highest BCUT2D eigenvalue weighted by atomic mass is 16.5. The first-order valence-electron chi connectivity index (χ1n) is 7.20. The molecule has 3 unspecified atom stereocenters. The number of aliphatic hydroxyl groups is 1. The minimum absolute atomic E-state index is 0.116. The van der Waals surface area contributed by atoms with Crippen molar-refractivity contribution in [3.05, 3.63) is 35.4 Å². The second-order valence-corrected chi connectivity index (χ2v) is 5.23. The Bertz CT molecular complexity index is 391. The van der Waals surface area contributed by atoms with E-state index >= 15 is 0 Å². The zero-order valence-electron chi connectivity index (χ0n) is 11.8. The predicted molar refractivity (Wildman–Crippen MR) is 75.3 cm³/mol. The maximum absolute atomic E-state index is 10.4. The number of rotatable bonds is 6. The van der Waals surface area contributed by atoms with E-state index in [2.05, 4.69) is 19.9 Å². The Hall–Kier alpha value is -0.900. The van der Waals surface area contributed by atoms with E-state index in [1.807, 2.05) is 18.2 Å². The van der Waals surface area contributed by atoms with Gasteiger partial charge in [-0.25, -0.2) is 0 Å². The van der Waals surface area contributed by atoms with Crippen molar-refractivity contribution in [1.29, 1.82) is 0 Å². The summed E-state index contributed by atoms with van der Waals surface area (Å²) in [6, 6.07) is 8.10. The highest BCUT2D eigenvalue weighted by Gasteiger charge is 2.32. The fourth-order valence-electron chi connectivity index (χ4n) is 2.70. The summed E-state index contributed by atoms with van der Waals surface area (Å²) in [7, 11) is 0. The molecule has 3 nitrogen and oxygen atoms in total. The fraction of sp³-hybridized carbons (Fsp3) is 0.625. The van der Waals surface area contributed by atoms with Crippen LogP contribution < -0.4 is 0 Å². The number of benzene rings is 1. The van der Waals surface area contributed by atoms with Gasteiger partial charge >= 0.3 is 0 Å². The summed E-state index contributed by atoms with van der Waals surface area (Å²) >= 11 is 0. The number of hydrogen-bond acceptors (Lipinski definition) is 3. The molecule has 0 saturated heterocycles. The first-order valence-corrected chi connectivity index (χ1v) is 7.20. The van der Waals surface area contributed by atoms with E-state index in [-0.39, 0.29) is 6.10 Å². The van der Waals surface area contributed by atoms with Crippen LogP contribution in [0.3, 0.4) is 0 Å². The van der Waals surface area contributed by atoms with Gasteiger partial charge in [-0.2, -0.15) is 0 Å². The highest BCUT2D eigenvalue weighted by molar-refractivity contribution is 5.35. The van der Waals surface area contributed by atoms with Gasteiger partial charge in [0.15, 0.2) is 0 Å². The van der Waals surface area contributed by atoms with Crippen LogP contribution in [0.4, 0.5) is 0 Å². The van der Waals surface area contributed by atoms with Gasteiger partial charge in [-0.15, -0.1) is 0 Å². The molecule has 0 bridgehead atoms. The van der Waals surface area contributed by atoms with E-state index in [4.69, 9.17) is 9.47 Å². The normalized spacial score (nSPS) is 26.2. The van der Waals surface area contributed by atoms with Crippen molar-refractivity contribution in [3.8, 4) is 0 Å². The van der Waals surface area contributed by atoms with E-state index < -0.39 is 6.10 Å². The second-order valence-electron chi connectivity index (χ2n) is 5.23. The maximum Gasteiger partial charge on any atom is 0.105 e. The van der Waals surface area contributed by atoms with Crippen molar-refractivity contribution in [2.75, 3.05) is 19.8 Å². The Morgan fingerprint density at radius 3 is 2.63 bits per heavy atom. The van der Waals surface area contributed by atoms with E-state index in [0.717, 1.165) is 25.0 Å². The molecule has 0 radical (unpaired) electrons. The van der Waals surface area contributed by atoms with E-state index in [0.29, 0.717) is 19.1 Å². The minimum Gasteiger partial charge on any atom is -0.386 e. The summed E-state index contributed by atoms with van der Waals surface area (Å²) in [4.78, 5) is 0. The smallest absolute Gasteiger partial charge is 0.105 e. The van der Waals surface area contributed by atoms with Gasteiger partial charge in [0.2, 0.25) is 0 Å². The van der Waals surface area contributed by atoms with Crippen molar-refractivity contribution in [2.24, 2.45) is 0 Å². The van der Waals surface area contributed by atoms with Crippen LogP contribution in [0.25, 0.3) is 0 Å². The molecule has 106 valence electrons. The molecular weight excluding hydrogens is 240 g/mol. The first kappa shape index (κ1) is 14.5. The monoisotopic (exact) mass is 264 g/mol. The van der Waals surface area contributed by atoms with Crippen molar-refractivity contribution < 1.29 is 14.6 Å². The van der Waals surface area contributed by atoms with Crippen LogP contribution in [0, 0.1) is 0 Å². The van der Waals surface area contributed by atoms with E-state index in [1.54, 1.807) is 0 Å². The molecular formula is C16H24O3. The SMILES string of the molecule is CCCOCCOC1CC(C)c2ccccc2C1O. The maximum atomic E-state index is 10.4. The third-order valence-electron chi connectivity index (χ3n) is 3.69. The standard InChI is InChI=1S/C16H24O3/c1-3-8-18-9-10-19-15-11-12(2)13-6-4-5-7-14(13)16(15)17/h4-7,12,15-17H,3,8-11H2,1-2H3. The van der Waals surface area contributed by atoms with Crippen LogP contribution in [-0.2, 0) is 9.47 Å². The topological polar surface area (TPSA) is 38.7 Å². The van der Waals surface area contributed by atoms with Gasteiger partial charge in [0.1, 0.15) is 6.10 Å². The molecule has 1 N–H and O–H groups in total. The van der Waals surface area contributed by atoms with Gasteiger partial charge in [0.25, 0.3) is 0 Å². The van der Waals surface area contributed by atoms with Crippen LogP contribution in [-0.4, -0.2) is 31.0 Å². The van der Waals surface area contributed by atoms with E-state index in [1.165, 1.54) is 5.56 Å². The fourth-order valence-corrected chi connectivity index (χ4v) is 2.70. The molecule has 0 fully saturated rings. The Kier molecular flexibility index (Phi) is 5.37. The van der Waals surface area contributed by atoms with Crippen LogP contribution in [0.1, 0.15) is 49.8 Å². The number of fused-ring (bicyclic) bond motifs is 1. The molecule has 1 aromatic carbocycles. The number of aliphatic hydroxyl groups excluding tert-OH is 1. The Morgan fingerprint density at radius 1 is 1.16 bits per heavy atom. The molecule has 19 heavy (non-hydrogen) atoms. The van der Waals surface area contributed by atoms with Gasteiger partial charge < -0.3 is 14.6 Å². The van der Waals surface area contributed by atoms with Gasteiger partial charge in [0, 0.05) is 6.61 Å². The molecule has 0 spiro atoms. The van der Waals surface area contributed by atoms with Crippen molar-refractivity contribution in [3.63, 3.8) is 0 Å². The average molecular weight is 264 g/mol. The summed E-state index contributed by atoms with van der Waals surface area (Å²) in [5.41, 5.74) is 2.26. The quantitative estimate of drug-likeness (QED) is 0.803. The lowest BCUT2D eigenvalue weighted by Gasteiger charge is -2.33. The lowest BCUT2D eigenvalue weighted by atomic mass is 9.80. The van der Waals surface area contributed by atoms with E-state index in [9.17, 15) is 5.11 Å². The summed E-state index contributed by atoms with van der Waals surface area (Å²) < 4.78 is 11.2. The Balaban J connectivity index is 1.90. The van der Waals surface area contributed by atoms with Gasteiger partial charge in [-0.1, -0.05) is 38.1 Å². The van der Waals surface area contributed by atoms with Crippen molar-refractivity contribution >= 4 is 0 Å². The molecule has 3 atom stereocenters. The van der Waals surface area contributed by atoms with Gasteiger partial charge in [-0.05, 0) is 29.9 Å². The third-order valence-corrected chi connectivity index (χ3v) is 3.69. The van der Waals surface area contributed by atoms with Crippen LogP contribution in [0.5, 0.6) is 0 Å². The summed E-state index contributed by atoms with van der Waals surface area (Å²) in [6.45, 7) is 6.21. The molecule has 2 rings (SSSR count). The Labute approximate surface area is 115 Å². The number of ether oxygens (including phenoxy) is 2. The van der Waals surface area contributed by atoms with Gasteiger partial charge in [0.05, 0.1) is 19.3 Å². The lowest BCUT2D eigenvalue weighted by molar-refractivity contribution is -0.0684. The molecule has 0 saturated carbocycles. The molecule has 0 aromatic heterocycles. The molecule has 0 heterocycles. The third kappa shape index (κ3) is 3.56. The lowest BCUT2D eigenvalue weighted by Crippen LogP contribution is -2.30. The molecule has 3 heteroatoms. The molecule has 0 aliphatic heterocycles. The minimum atomic E-state index is -0.515. The highest BCUT2D eigenvalue weighted by Crippen LogP contribution is 2.38. The van der Waals surface area contributed by atoms with Crippen LogP contribution in [0.2, 0.25) is 0 Å². The van der Waals surface area contributed by atoms with Crippen molar-refractivity contribution in [2.45, 2.75) is 44.8 Å². The summed E-state index contributed by atoms with van der Waals surface area (Å²) in [5, 5.41) is 10.4. The zero-order chi connectivity index (χ0) is 13.7. The molecule has 1 aromatic rings. The molecule has 1 aliphatic carbocycles. The van der Waals surface area contributed by atoms with Crippen LogP contribution >= 0.6 is 0 Å². The second kappa shape index (κ2) is 7.04. The average Bonchev–Trinajstić information content (AvgIpc) is 2.44. The predicted octanol–water partition coefficient (Wildman–Crippen LogP) is 3.04. The number of hydrogen-bond donors (Lipinski definition) is 1. The Morgan fingerprint density at radius 2 is 1.89 bits per heavy atom. The first-order chi connectivity index (χ1) is 9.24. The molecule has 1 aliphatic rings. The largest absolute Gasteiger partial charge is 0.386 e.